The van der Waals surface area contributed by atoms with Gasteiger partial charge >= 0.3 is 0 Å². The Kier molecular flexibility index (Phi) is 4.06. The van der Waals surface area contributed by atoms with Gasteiger partial charge in [-0.2, -0.15) is 0 Å². The molecule has 1 heterocycles. The quantitative estimate of drug-likeness (QED) is 0.853. The topological polar surface area (TPSA) is 12.0 Å². The monoisotopic (exact) mass is 249 g/mol. The summed E-state index contributed by atoms with van der Waals surface area (Å²) in [7, 11) is 0. The van der Waals surface area contributed by atoms with Gasteiger partial charge in [-0.15, -0.1) is 0 Å². The predicted octanol–water partition coefficient (Wildman–Crippen LogP) is 4.02. The second-order valence-corrected chi connectivity index (χ2v) is 5.92. The fourth-order valence-electron chi connectivity index (χ4n) is 2.95. The van der Waals surface area contributed by atoms with Gasteiger partial charge < -0.3 is 5.32 Å². The van der Waals surface area contributed by atoms with Crippen molar-refractivity contribution in [2.24, 2.45) is 0 Å². The Morgan fingerprint density at radius 2 is 1.89 bits per heavy atom. The second kappa shape index (κ2) is 5.40. The zero-order valence-electron chi connectivity index (χ0n) is 11.7. The van der Waals surface area contributed by atoms with Crippen molar-refractivity contribution in [2.75, 3.05) is 6.54 Å². The van der Waals surface area contributed by atoms with Gasteiger partial charge in [0.2, 0.25) is 0 Å². The highest BCUT2D eigenvalue weighted by Crippen LogP contribution is 2.33. The van der Waals surface area contributed by atoms with Crippen LogP contribution in [-0.2, 0) is 5.67 Å². The standard InChI is InChI=1S/C16H24FN/c1-12-8-13(2)10-14(9-12)16(3,17)11-15-6-4-5-7-18-15/h8-10,15,18H,4-7,11H2,1-3H3. The zero-order valence-corrected chi connectivity index (χ0v) is 11.7. The van der Waals surface area contributed by atoms with E-state index in [2.05, 4.69) is 11.4 Å². The number of benzene rings is 1. The first kappa shape index (κ1) is 13.5. The smallest absolute Gasteiger partial charge is 0.134 e. The van der Waals surface area contributed by atoms with E-state index in [1.54, 1.807) is 6.92 Å². The number of nitrogens with one attached hydrogen (secondary N) is 1. The number of aryl methyl sites for hydroxylation is 2. The van der Waals surface area contributed by atoms with Crippen LogP contribution < -0.4 is 5.32 Å². The van der Waals surface area contributed by atoms with Crippen LogP contribution in [0.1, 0.15) is 49.3 Å². The molecule has 1 nitrogen and oxygen atoms in total. The molecule has 1 fully saturated rings. The molecule has 1 aromatic rings. The average molecular weight is 249 g/mol. The minimum atomic E-state index is -1.23. The Morgan fingerprint density at radius 1 is 1.22 bits per heavy atom. The average Bonchev–Trinajstić information content (AvgIpc) is 2.28. The third-order valence-electron chi connectivity index (χ3n) is 3.87. The number of piperidine rings is 1. The summed E-state index contributed by atoms with van der Waals surface area (Å²) in [6.07, 6.45) is 4.13. The molecule has 2 unspecified atom stereocenters. The van der Waals surface area contributed by atoms with Crippen LogP contribution in [-0.4, -0.2) is 12.6 Å². The van der Waals surface area contributed by atoms with Gasteiger partial charge in [0.15, 0.2) is 0 Å². The Morgan fingerprint density at radius 3 is 2.44 bits per heavy atom. The fraction of sp³-hybridized carbons (Fsp3) is 0.625. The molecule has 1 saturated heterocycles. The molecule has 0 amide bonds. The fourth-order valence-corrected chi connectivity index (χ4v) is 2.95. The van der Waals surface area contributed by atoms with Crippen LogP contribution in [0.25, 0.3) is 0 Å². The number of hydrogen-bond acceptors (Lipinski definition) is 1. The summed E-state index contributed by atoms with van der Waals surface area (Å²) in [4.78, 5) is 0. The lowest BCUT2D eigenvalue weighted by molar-refractivity contribution is 0.146. The van der Waals surface area contributed by atoms with Crippen molar-refractivity contribution in [3.05, 3.63) is 34.9 Å². The summed E-state index contributed by atoms with van der Waals surface area (Å²) in [5.41, 5.74) is 1.88. The van der Waals surface area contributed by atoms with Crippen molar-refractivity contribution in [1.29, 1.82) is 0 Å². The van der Waals surface area contributed by atoms with Crippen molar-refractivity contribution >= 4 is 0 Å². The molecule has 0 radical (unpaired) electrons. The molecule has 2 heteroatoms. The van der Waals surface area contributed by atoms with Gasteiger partial charge in [0.25, 0.3) is 0 Å². The molecule has 0 aliphatic carbocycles. The minimum absolute atomic E-state index is 0.328. The zero-order chi connectivity index (χ0) is 13.2. The molecule has 100 valence electrons. The van der Waals surface area contributed by atoms with Crippen LogP contribution in [0.2, 0.25) is 0 Å². The first-order chi connectivity index (χ1) is 8.47. The van der Waals surface area contributed by atoms with E-state index in [-0.39, 0.29) is 0 Å². The molecule has 1 aliphatic heterocycles. The van der Waals surface area contributed by atoms with Crippen LogP contribution >= 0.6 is 0 Å². The number of halogens is 1. The van der Waals surface area contributed by atoms with Crippen molar-refractivity contribution < 1.29 is 4.39 Å². The van der Waals surface area contributed by atoms with Crippen molar-refractivity contribution in [3.8, 4) is 0 Å². The van der Waals surface area contributed by atoms with Crippen molar-refractivity contribution in [3.63, 3.8) is 0 Å². The van der Waals surface area contributed by atoms with Crippen LogP contribution in [0.5, 0.6) is 0 Å². The van der Waals surface area contributed by atoms with E-state index in [1.807, 2.05) is 26.0 Å². The molecule has 18 heavy (non-hydrogen) atoms. The number of hydrogen-bond donors (Lipinski definition) is 1. The van der Waals surface area contributed by atoms with Crippen LogP contribution in [0.4, 0.5) is 4.39 Å². The van der Waals surface area contributed by atoms with Crippen LogP contribution in [0.15, 0.2) is 18.2 Å². The van der Waals surface area contributed by atoms with E-state index < -0.39 is 5.67 Å². The van der Waals surface area contributed by atoms with Gasteiger partial charge in [0.05, 0.1) is 0 Å². The van der Waals surface area contributed by atoms with E-state index in [0.29, 0.717) is 12.5 Å². The molecule has 2 atom stereocenters. The highest BCUT2D eigenvalue weighted by atomic mass is 19.1. The maximum atomic E-state index is 14.9. The molecular weight excluding hydrogens is 225 g/mol. The van der Waals surface area contributed by atoms with Gasteiger partial charge in [0.1, 0.15) is 5.67 Å². The third-order valence-corrected chi connectivity index (χ3v) is 3.87. The molecule has 1 N–H and O–H groups in total. The Bertz CT molecular complexity index is 385. The third kappa shape index (κ3) is 3.32. The van der Waals surface area contributed by atoms with Crippen LogP contribution in [0, 0.1) is 13.8 Å². The van der Waals surface area contributed by atoms with Crippen molar-refractivity contribution in [2.45, 2.75) is 58.2 Å². The molecule has 0 aromatic heterocycles. The Hall–Kier alpha value is -0.890. The summed E-state index contributed by atoms with van der Waals surface area (Å²) in [6, 6.07) is 6.39. The van der Waals surface area contributed by atoms with Crippen LogP contribution in [0.3, 0.4) is 0 Å². The van der Waals surface area contributed by atoms with Gasteiger partial charge in [0, 0.05) is 12.5 Å². The van der Waals surface area contributed by atoms with E-state index in [0.717, 1.165) is 29.7 Å². The van der Waals surface area contributed by atoms with E-state index in [9.17, 15) is 4.39 Å². The first-order valence-corrected chi connectivity index (χ1v) is 6.98. The maximum absolute atomic E-state index is 14.9. The lowest BCUT2D eigenvalue weighted by atomic mass is 9.86. The SMILES string of the molecule is Cc1cc(C)cc(C(C)(F)CC2CCCCN2)c1. The Labute approximate surface area is 110 Å². The summed E-state index contributed by atoms with van der Waals surface area (Å²) in [5.74, 6) is 0. The Balaban J connectivity index is 2.13. The first-order valence-electron chi connectivity index (χ1n) is 6.98. The lowest BCUT2D eigenvalue weighted by Gasteiger charge is -2.30. The van der Waals surface area contributed by atoms with Gasteiger partial charge in [-0.05, 0) is 45.7 Å². The summed E-state index contributed by atoms with van der Waals surface area (Å²) >= 11 is 0. The highest BCUT2D eigenvalue weighted by molar-refractivity contribution is 5.32. The predicted molar refractivity (Wildman–Crippen MR) is 74.6 cm³/mol. The van der Waals surface area contributed by atoms with Crippen molar-refractivity contribution in [1.82, 2.24) is 5.32 Å². The van der Waals surface area contributed by atoms with E-state index in [1.165, 1.54) is 12.8 Å². The van der Waals surface area contributed by atoms with Gasteiger partial charge in [-0.3, -0.25) is 0 Å². The largest absolute Gasteiger partial charge is 0.314 e. The maximum Gasteiger partial charge on any atom is 0.134 e. The van der Waals surface area contributed by atoms with Gasteiger partial charge in [-0.25, -0.2) is 4.39 Å². The van der Waals surface area contributed by atoms with E-state index in [4.69, 9.17) is 0 Å². The normalized spacial score (nSPS) is 23.7. The highest BCUT2D eigenvalue weighted by Gasteiger charge is 2.30. The second-order valence-electron chi connectivity index (χ2n) is 5.92. The molecule has 2 rings (SSSR count). The summed E-state index contributed by atoms with van der Waals surface area (Å²) < 4.78 is 14.9. The summed E-state index contributed by atoms with van der Waals surface area (Å²) in [6.45, 7) is 6.82. The lowest BCUT2D eigenvalue weighted by Crippen LogP contribution is -2.38. The number of alkyl halides is 1. The molecule has 0 spiro atoms. The molecule has 1 aromatic carbocycles. The number of rotatable bonds is 3. The minimum Gasteiger partial charge on any atom is -0.314 e. The molecular formula is C16H24FN. The summed E-state index contributed by atoms with van der Waals surface area (Å²) in [5, 5.41) is 3.43. The molecule has 1 aliphatic rings. The van der Waals surface area contributed by atoms with Gasteiger partial charge in [-0.1, -0.05) is 35.7 Å². The van der Waals surface area contributed by atoms with E-state index >= 15 is 0 Å². The molecule has 0 bridgehead atoms. The molecule has 0 saturated carbocycles.